The van der Waals surface area contributed by atoms with Gasteiger partial charge in [-0.1, -0.05) is 54.6 Å². The third kappa shape index (κ3) is 4.60. The van der Waals surface area contributed by atoms with E-state index < -0.39 is 0 Å². The first-order valence-electron chi connectivity index (χ1n) is 8.54. The van der Waals surface area contributed by atoms with E-state index in [0.717, 1.165) is 12.1 Å². The zero-order valence-corrected chi connectivity index (χ0v) is 14.7. The van der Waals surface area contributed by atoms with E-state index in [9.17, 15) is 0 Å². The van der Waals surface area contributed by atoms with Crippen LogP contribution in [0.3, 0.4) is 0 Å². The van der Waals surface area contributed by atoms with Gasteiger partial charge in [0.25, 0.3) is 0 Å². The van der Waals surface area contributed by atoms with Crippen LogP contribution in [0, 0.1) is 0 Å². The Kier molecular flexibility index (Phi) is 5.83. The molecule has 26 heavy (non-hydrogen) atoms. The van der Waals surface area contributed by atoms with Crippen LogP contribution in [0.1, 0.15) is 11.1 Å². The highest BCUT2D eigenvalue weighted by Crippen LogP contribution is 2.25. The van der Waals surface area contributed by atoms with Crippen LogP contribution >= 0.6 is 0 Å². The molecule has 3 aromatic rings. The van der Waals surface area contributed by atoms with Gasteiger partial charge in [-0.2, -0.15) is 0 Å². The van der Waals surface area contributed by atoms with Gasteiger partial charge in [0.1, 0.15) is 0 Å². The SMILES string of the molecule is C=CCNC(N)=NCc1ccccc1-c1ccc(Cn2ccnc2)cc1. The Hall–Kier alpha value is -3.34. The molecule has 0 unspecified atom stereocenters. The van der Waals surface area contributed by atoms with Crippen LogP contribution in [0.4, 0.5) is 0 Å². The molecule has 0 bridgehead atoms. The zero-order chi connectivity index (χ0) is 18.2. The van der Waals surface area contributed by atoms with E-state index >= 15 is 0 Å². The van der Waals surface area contributed by atoms with E-state index in [-0.39, 0.29) is 0 Å². The van der Waals surface area contributed by atoms with Crippen LogP contribution < -0.4 is 11.1 Å². The molecule has 0 spiro atoms. The molecule has 3 N–H and O–H groups in total. The quantitative estimate of drug-likeness (QED) is 0.392. The molecule has 0 aliphatic heterocycles. The second-order valence-corrected chi connectivity index (χ2v) is 5.96. The van der Waals surface area contributed by atoms with Gasteiger partial charge in [0, 0.05) is 25.5 Å². The van der Waals surface area contributed by atoms with Crippen LogP contribution in [-0.4, -0.2) is 22.1 Å². The molecule has 5 nitrogen and oxygen atoms in total. The summed E-state index contributed by atoms with van der Waals surface area (Å²) in [5.74, 6) is 0.426. The summed E-state index contributed by atoms with van der Waals surface area (Å²) < 4.78 is 2.05. The van der Waals surface area contributed by atoms with Crippen LogP contribution in [0.25, 0.3) is 11.1 Å². The molecule has 3 rings (SSSR count). The first-order valence-corrected chi connectivity index (χ1v) is 8.54. The van der Waals surface area contributed by atoms with Crippen molar-refractivity contribution >= 4 is 5.96 Å². The second kappa shape index (κ2) is 8.67. The van der Waals surface area contributed by atoms with Gasteiger partial charge < -0.3 is 15.6 Å². The number of hydrogen-bond donors (Lipinski definition) is 2. The number of benzene rings is 2. The first kappa shape index (κ1) is 17.5. The minimum absolute atomic E-state index is 0.426. The predicted molar refractivity (Wildman–Crippen MR) is 107 cm³/mol. The molecule has 0 saturated carbocycles. The highest BCUT2D eigenvalue weighted by molar-refractivity contribution is 5.78. The van der Waals surface area contributed by atoms with Crippen LogP contribution in [0.15, 0.2) is 84.9 Å². The highest BCUT2D eigenvalue weighted by Gasteiger charge is 2.05. The molecule has 132 valence electrons. The topological polar surface area (TPSA) is 68.2 Å². The smallest absolute Gasteiger partial charge is 0.189 e. The molecule has 0 radical (unpaired) electrons. The number of hydrogen-bond acceptors (Lipinski definition) is 2. The Bertz CT molecular complexity index is 864. The Morgan fingerprint density at radius 2 is 2.00 bits per heavy atom. The summed E-state index contributed by atoms with van der Waals surface area (Å²) in [4.78, 5) is 8.49. The summed E-state index contributed by atoms with van der Waals surface area (Å²) in [6, 6.07) is 16.9. The molecule has 1 aromatic heterocycles. The van der Waals surface area contributed by atoms with Gasteiger partial charge in [-0.25, -0.2) is 9.98 Å². The van der Waals surface area contributed by atoms with E-state index in [2.05, 4.69) is 62.8 Å². The maximum Gasteiger partial charge on any atom is 0.189 e. The number of imidazole rings is 1. The fraction of sp³-hybridized carbons (Fsp3) is 0.143. The van der Waals surface area contributed by atoms with Crippen molar-refractivity contribution in [1.29, 1.82) is 0 Å². The molecule has 0 fully saturated rings. The van der Waals surface area contributed by atoms with Gasteiger partial charge in [0.2, 0.25) is 0 Å². The van der Waals surface area contributed by atoms with E-state index in [1.165, 1.54) is 16.7 Å². The number of nitrogens with two attached hydrogens (primary N) is 1. The molecule has 2 aromatic carbocycles. The maximum atomic E-state index is 5.86. The fourth-order valence-electron chi connectivity index (χ4n) is 2.72. The second-order valence-electron chi connectivity index (χ2n) is 5.96. The number of aliphatic imine (C=N–C) groups is 1. The van der Waals surface area contributed by atoms with Gasteiger partial charge in [-0.3, -0.25) is 0 Å². The minimum Gasteiger partial charge on any atom is -0.370 e. The van der Waals surface area contributed by atoms with Crippen LogP contribution in [0.5, 0.6) is 0 Å². The molecular formula is C21H23N5. The van der Waals surface area contributed by atoms with Gasteiger partial charge >= 0.3 is 0 Å². The van der Waals surface area contributed by atoms with Crippen molar-refractivity contribution in [3.05, 3.63) is 91.0 Å². The van der Waals surface area contributed by atoms with Crippen LogP contribution in [0.2, 0.25) is 0 Å². The van der Waals surface area contributed by atoms with E-state index in [4.69, 9.17) is 5.73 Å². The third-order valence-electron chi connectivity index (χ3n) is 4.05. The average molecular weight is 345 g/mol. The van der Waals surface area contributed by atoms with Crippen LogP contribution in [-0.2, 0) is 13.1 Å². The Morgan fingerprint density at radius 1 is 1.19 bits per heavy atom. The van der Waals surface area contributed by atoms with Crippen molar-refractivity contribution < 1.29 is 0 Å². The number of nitrogens with one attached hydrogen (secondary N) is 1. The maximum absolute atomic E-state index is 5.86. The Labute approximate surface area is 153 Å². The number of rotatable bonds is 7. The Balaban J connectivity index is 1.75. The lowest BCUT2D eigenvalue weighted by molar-refractivity contribution is 0.797. The number of aromatic nitrogens is 2. The summed E-state index contributed by atoms with van der Waals surface area (Å²) >= 11 is 0. The van der Waals surface area contributed by atoms with Crippen molar-refractivity contribution in [1.82, 2.24) is 14.9 Å². The number of guanidine groups is 1. The van der Waals surface area contributed by atoms with Crippen molar-refractivity contribution in [2.45, 2.75) is 13.1 Å². The van der Waals surface area contributed by atoms with E-state index in [1.54, 1.807) is 12.3 Å². The third-order valence-corrected chi connectivity index (χ3v) is 4.05. The highest BCUT2D eigenvalue weighted by atomic mass is 15.1. The van der Waals surface area contributed by atoms with Gasteiger partial charge in [-0.15, -0.1) is 6.58 Å². The van der Waals surface area contributed by atoms with Crippen molar-refractivity contribution in [3.8, 4) is 11.1 Å². The molecule has 0 aliphatic carbocycles. The molecular weight excluding hydrogens is 322 g/mol. The summed E-state index contributed by atoms with van der Waals surface area (Å²) in [6.07, 6.45) is 7.33. The largest absolute Gasteiger partial charge is 0.370 e. The normalized spacial score (nSPS) is 11.3. The molecule has 5 heteroatoms. The van der Waals surface area contributed by atoms with Crippen molar-refractivity contribution in [3.63, 3.8) is 0 Å². The van der Waals surface area contributed by atoms with E-state index in [0.29, 0.717) is 19.0 Å². The van der Waals surface area contributed by atoms with Crippen molar-refractivity contribution in [2.24, 2.45) is 10.7 Å². The lowest BCUT2D eigenvalue weighted by atomic mass is 9.98. The number of nitrogens with zero attached hydrogens (tertiary/aromatic N) is 3. The summed E-state index contributed by atoms with van der Waals surface area (Å²) in [5.41, 5.74) is 10.6. The fourth-order valence-corrected chi connectivity index (χ4v) is 2.72. The monoisotopic (exact) mass is 345 g/mol. The first-order chi connectivity index (χ1) is 12.8. The standard InChI is InChI=1S/C21H23N5/c1-2-11-24-21(22)25-14-19-5-3-4-6-20(19)18-9-7-17(8-10-18)15-26-13-12-23-16-26/h2-10,12-13,16H,1,11,14-15H2,(H3,22,24,25). The Morgan fingerprint density at radius 3 is 2.73 bits per heavy atom. The molecule has 1 heterocycles. The van der Waals surface area contributed by atoms with Crippen molar-refractivity contribution in [2.75, 3.05) is 6.54 Å². The summed E-state index contributed by atoms with van der Waals surface area (Å²) in [6.45, 7) is 5.61. The molecule has 0 amide bonds. The average Bonchev–Trinajstić information content (AvgIpc) is 3.18. The summed E-state index contributed by atoms with van der Waals surface area (Å²) in [7, 11) is 0. The van der Waals surface area contributed by atoms with Gasteiger partial charge in [-0.05, 0) is 22.3 Å². The van der Waals surface area contributed by atoms with Gasteiger partial charge in [0.05, 0.1) is 12.9 Å². The van der Waals surface area contributed by atoms with E-state index in [1.807, 2.05) is 24.7 Å². The molecule has 0 aliphatic rings. The predicted octanol–water partition coefficient (Wildman–Crippen LogP) is 3.19. The lowest BCUT2D eigenvalue weighted by Gasteiger charge is -2.10. The molecule has 0 saturated heterocycles. The zero-order valence-electron chi connectivity index (χ0n) is 14.7. The minimum atomic E-state index is 0.426. The lowest BCUT2D eigenvalue weighted by Crippen LogP contribution is -2.31. The molecule has 0 atom stereocenters. The summed E-state index contributed by atoms with van der Waals surface area (Å²) in [5, 5.41) is 2.99. The van der Waals surface area contributed by atoms with Gasteiger partial charge in [0.15, 0.2) is 5.96 Å².